The molecule has 0 heterocycles. The maximum atomic E-state index is 10.2. The van der Waals surface area contributed by atoms with Crippen molar-refractivity contribution in [2.45, 2.75) is 25.0 Å². The molecule has 1 aliphatic carbocycles. The fraction of sp³-hybridized carbons (Fsp3) is 0.571. The van der Waals surface area contributed by atoms with Gasteiger partial charge in [-0.1, -0.05) is 30.3 Å². The number of ether oxygens (including phenoxy) is 1. The highest BCUT2D eigenvalue weighted by Gasteiger charge is 2.30. The van der Waals surface area contributed by atoms with Crippen LogP contribution in [0.4, 0.5) is 0 Å². The Morgan fingerprint density at radius 2 is 2.06 bits per heavy atom. The Labute approximate surface area is 103 Å². The maximum Gasteiger partial charge on any atom is 0.0917 e. The van der Waals surface area contributed by atoms with Gasteiger partial charge in [0, 0.05) is 26.2 Å². The van der Waals surface area contributed by atoms with E-state index in [1.807, 2.05) is 30.3 Å². The second kappa shape index (κ2) is 6.15. The van der Waals surface area contributed by atoms with Gasteiger partial charge < -0.3 is 9.84 Å². The summed E-state index contributed by atoms with van der Waals surface area (Å²) in [6.07, 6.45) is 2.12. The van der Waals surface area contributed by atoms with Crippen molar-refractivity contribution >= 4 is 0 Å². The van der Waals surface area contributed by atoms with Crippen LogP contribution in [0.15, 0.2) is 30.3 Å². The summed E-state index contributed by atoms with van der Waals surface area (Å²) in [6, 6.07) is 10.5. The third-order valence-electron chi connectivity index (χ3n) is 3.24. The fourth-order valence-electron chi connectivity index (χ4n) is 2.07. The van der Waals surface area contributed by atoms with Crippen molar-refractivity contribution in [1.29, 1.82) is 0 Å². The van der Waals surface area contributed by atoms with Gasteiger partial charge in [-0.15, -0.1) is 0 Å². The lowest BCUT2D eigenvalue weighted by Gasteiger charge is -2.24. The van der Waals surface area contributed by atoms with Gasteiger partial charge in [0.15, 0.2) is 0 Å². The van der Waals surface area contributed by atoms with Gasteiger partial charge in [-0.3, -0.25) is 4.90 Å². The lowest BCUT2D eigenvalue weighted by molar-refractivity contribution is 0.0846. The van der Waals surface area contributed by atoms with E-state index in [9.17, 15) is 5.11 Å². The first-order chi connectivity index (χ1) is 8.31. The zero-order valence-corrected chi connectivity index (χ0v) is 10.4. The van der Waals surface area contributed by atoms with Crippen molar-refractivity contribution < 1.29 is 9.84 Å². The highest BCUT2D eigenvalue weighted by molar-refractivity contribution is 5.17. The van der Waals surface area contributed by atoms with Crippen LogP contribution in [-0.4, -0.2) is 42.9 Å². The van der Waals surface area contributed by atoms with E-state index in [0.717, 1.165) is 18.7 Å². The zero-order valence-electron chi connectivity index (χ0n) is 10.4. The molecule has 1 unspecified atom stereocenters. The molecule has 0 bridgehead atoms. The molecular formula is C14H21NO2. The Hall–Kier alpha value is -0.900. The van der Waals surface area contributed by atoms with Gasteiger partial charge in [-0.05, 0) is 18.4 Å². The van der Waals surface area contributed by atoms with Crippen LogP contribution in [0.5, 0.6) is 0 Å². The molecule has 1 aromatic carbocycles. The Morgan fingerprint density at radius 3 is 2.65 bits per heavy atom. The van der Waals surface area contributed by atoms with Crippen LogP contribution in [0.1, 0.15) is 24.5 Å². The minimum Gasteiger partial charge on any atom is -0.387 e. The van der Waals surface area contributed by atoms with E-state index in [2.05, 4.69) is 4.90 Å². The molecule has 0 radical (unpaired) electrons. The van der Waals surface area contributed by atoms with Gasteiger partial charge in [-0.25, -0.2) is 0 Å². The molecule has 2 rings (SSSR count). The number of aliphatic hydroxyl groups excluding tert-OH is 1. The Morgan fingerprint density at radius 1 is 1.35 bits per heavy atom. The number of hydrogen-bond donors (Lipinski definition) is 1. The predicted octanol–water partition coefficient (Wildman–Crippen LogP) is 1.83. The second-order valence-electron chi connectivity index (χ2n) is 4.65. The van der Waals surface area contributed by atoms with Gasteiger partial charge in [0.05, 0.1) is 12.7 Å². The minimum absolute atomic E-state index is 0.395. The van der Waals surface area contributed by atoms with Gasteiger partial charge in [-0.2, -0.15) is 0 Å². The summed E-state index contributed by atoms with van der Waals surface area (Å²) in [7, 11) is 1.72. The number of aliphatic hydroxyl groups is 1. The first kappa shape index (κ1) is 12.6. The molecule has 3 heteroatoms. The van der Waals surface area contributed by atoms with E-state index >= 15 is 0 Å². The molecule has 0 aliphatic heterocycles. The Bertz CT molecular complexity index is 324. The second-order valence-corrected chi connectivity index (χ2v) is 4.65. The predicted molar refractivity (Wildman–Crippen MR) is 67.9 cm³/mol. The maximum absolute atomic E-state index is 10.2. The third-order valence-corrected chi connectivity index (χ3v) is 3.24. The Balaban J connectivity index is 1.88. The van der Waals surface area contributed by atoms with E-state index in [1.54, 1.807) is 7.11 Å². The Kier molecular flexibility index (Phi) is 4.54. The molecule has 1 aromatic rings. The topological polar surface area (TPSA) is 32.7 Å². The van der Waals surface area contributed by atoms with Crippen molar-refractivity contribution in [1.82, 2.24) is 4.90 Å². The molecule has 94 valence electrons. The van der Waals surface area contributed by atoms with Gasteiger partial charge >= 0.3 is 0 Å². The monoisotopic (exact) mass is 235 g/mol. The van der Waals surface area contributed by atoms with E-state index < -0.39 is 6.10 Å². The average Bonchev–Trinajstić information content (AvgIpc) is 3.19. The van der Waals surface area contributed by atoms with Crippen molar-refractivity contribution in [3.05, 3.63) is 35.9 Å². The quantitative estimate of drug-likeness (QED) is 0.782. The summed E-state index contributed by atoms with van der Waals surface area (Å²) in [4.78, 5) is 2.33. The van der Waals surface area contributed by atoms with E-state index in [1.165, 1.54) is 12.8 Å². The first-order valence-corrected chi connectivity index (χ1v) is 6.27. The number of rotatable bonds is 7. The molecule has 1 atom stereocenters. The van der Waals surface area contributed by atoms with Crippen molar-refractivity contribution in [2.24, 2.45) is 0 Å². The smallest absolute Gasteiger partial charge is 0.0917 e. The van der Waals surface area contributed by atoms with E-state index in [0.29, 0.717) is 12.6 Å². The van der Waals surface area contributed by atoms with Crippen LogP contribution in [0, 0.1) is 0 Å². The minimum atomic E-state index is -0.395. The molecule has 0 aromatic heterocycles. The zero-order chi connectivity index (χ0) is 12.1. The molecule has 0 spiro atoms. The molecule has 0 amide bonds. The summed E-state index contributed by atoms with van der Waals surface area (Å²) in [5, 5.41) is 10.2. The molecule has 17 heavy (non-hydrogen) atoms. The summed E-state index contributed by atoms with van der Waals surface area (Å²) in [5.74, 6) is 0. The molecule has 0 saturated heterocycles. The number of methoxy groups -OCH3 is 1. The van der Waals surface area contributed by atoms with Crippen molar-refractivity contribution in [3.8, 4) is 0 Å². The standard InChI is InChI=1S/C14H21NO2/c1-17-10-9-15(13-7-8-13)11-14(16)12-5-3-2-4-6-12/h2-6,13-14,16H,7-11H2,1H3. The molecule has 1 N–H and O–H groups in total. The molecule has 1 aliphatic rings. The lowest BCUT2D eigenvalue weighted by Crippen LogP contribution is -2.33. The normalized spacial score (nSPS) is 17.4. The largest absolute Gasteiger partial charge is 0.387 e. The van der Waals surface area contributed by atoms with Crippen LogP contribution >= 0.6 is 0 Å². The average molecular weight is 235 g/mol. The fourth-order valence-corrected chi connectivity index (χ4v) is 2.07. The molecule has 3 nitrogen and oxygen atoms in total. The molecule has 1 fully saturated rings. The van der Waals surface area contributed by atoms with Crippen LogP contribution < -0.4 is 0 Å². The van der Waals surface area contributed by atoms with E-state index in [-0.39, 0.29) is 0 Å². The van der Waals surface area contributed by atoms with Gasteiger partial charge in [0.2, 0.25) is 0 Å². The SMILES string of the molecule is COCCN(CC(O)c1ccccc1)C1CC1. The van der Waals surface area contributed by atoms with Gasteiger partial charge in [0.1, 0.15) is 0 Å². The van der Waals surface area contributed by atoms with E-state index in [4.69, 9.17) is 4.74 Å². The summed E-state index contributed by atoms with van der Waals surface area (Å²) in [6.45, 7) is 2.35. The summed E-state index contributed by atoms with van der Waals surface area (Å²) >= 11 is 0. The van der Waals surface area contributed by atoms with Crippen LogP contribution in [0.3, 0.4) is 0 Å². The lowest BCUT2D eigenvalue weighted by atomic mass is 10.1. The van der Waals surface area contributed by atoms with Gasteiger partial charge in [0.25, 0.3) is 0 Å². The highest BCUT2D eigenvalue weighted by Crippen LogP contribution is 2.28. The first-order valence-electron chi connectivity index (χ1n) is 6.27. The summed E-state index contributed by atoms with van der Waals surface area (Å²) < 4.78 is 5.11. The highest BCUT2D eigenvalue weighted by atomic mass is 16.5. The van der Waals surface area contributed by atoms with Crippen molar-refractivity contribution in [3.63, 3.8) is 0 Å². The van der Waals surface area contributed by atoms with Crippen molar-refractivity contribution in [2.75, 3.05) is 26.8 Å². The van der Waals surface area contributed by atoms with Crippen LogP contribution in [0.2, 0.25) is 0 Å². The summed E-state index contributed by atoms with van der Waals surface area (Å²) in [5.41, 5.74) is 0.996. The molecular weight excluding hydrogens is 214 g/mol. The third kappa shape index (κ3) is 3.80. The number of nitrogens with zero attached hydrogens (tertiary/aromatic N) is 1. The molecule has 1 saturated carbocycles. The van der Waals surface area contributed by atoms with Crippen LogP contribution in [-0.2, 0) is 4.74 Å². The number of hydrogen-bond acceptors (Lipinski definition) is 3. The number of benzene rings is 1. The van der Waals surface area contributed by atoms with Crippen LogP contribution in [0.25, 0.3) is 0 Å².